The van der Waals surface area contributed by atoms with Crippen molar-refractivity contribution in [3.8, 4) is 5.69 Å². The molecule has 0 saturated carbocycles. The molecule has 200 valence electrons. The van der Waals surface area contributed by atoms with Gasteiger partial charge in [0.15, 0.2) is 5.16 Å². The summed E-state index contributed by atoms with van der Waals surface area (Å²) in [6.07, 6.45) is 0. The number of aromatic nitrogens is 2. The molecule has 8 nitrogen and oxygen atoms in total. The van der Waals surface area contributed by atoms with E-state index in [2.05, 4.69) is 5.32 Å². The van der Waals surface area contributed by atoms with Crippen LogP contribution >= 0.6 is 35.0 Å². The van der Waals surface area contributed by atoms with Gasteiger partial charge < -0.3 is 5.32 Å². The van der Waals surface area contributed by atoms with Crippen LogP contribution < -0.4 is 10.9 Å². The molecule has 0 bridgehead atoms. The summed E-state index contributed by atoms with van der Waals surface area (Å²) in [7, 11) is 0. The molecule has 1 amide bonds. The molecule has 0 aliphatic heterocycles. The summed E-state index contributed by atoms with van der Waals surface area (Å²) in [4.78, 5) is 43.0. The predicted molar refractivity (Wildman–Crippen MR) is 159 cm³/mol. The highest BCUT2D eigenvalue weighted by Gasteiger charge is 2.27. The van der Waals surface area contributed by atoms with Gasteiger partial charge in [-0.3, -0.25) is 24.3 Å². The number of anilines is 1. The van der Waals surface area contributed by atoms with Gasteiger partial charge in [0.05, 0.1) is 21.5 Å². The zero-order valence-electron chi connectivity index (χ0n) is 20.9. The van der Waals surface area contributed by atoms with Crippen LogP contribution in [-0.2, 0) is 4.79 Å². The number of nitrogens with zero attached hydrogens (tertiary/aromatic N) is 3. The second-order valence-corrected chi connectivity index (χ2v) is 10.7. The molecule has 0 spiro atoms. The number of nitro groups is 1. The van der Waals surface area contributed by atoms with Gasteiger partial charge in [-0.25, -0.2) is 4.98 Å². The van der Waals surface area contributed by atoms with Gasteiger partial charge in [0.1, 0.15) is 10.3 Å². The average molecular weight is 591 g/mol. The zero-order valence-corrected chi connectivity index (χ0v) is 23.2. The summed E-state index contributed by atoms with van der Waals surface area (Å²) in [5, 5.41) is 14.4. The van der Waals surface area contributed by atoms with Gasteiger partial charge in [0, 0.05) is 16.8 Å². The van der Waals surface area contributed by atoms with Crippen molar-refractivity contribution in [2.45, 2.75) is 17.3 Å². The Morgan fingerprint density at radius 1 is 0.975 bits per heavy atom. The molecule has 0 fully saturated rings. The minimum atomic E-state index is -0.879. The first-order valence-corrected chi connectivity index (χ1v) is 13.6. The molecule has 1 N–H and O–H groups in total. The number of halogens is 2. The standard InChI is InChI=1S/C29H20Cl2N4O4S/c1-17-11-13-20(16-23(17)31)34-28(37)21-9-5-6-10-24(21)33-29(34)40-26(18-7-3-2-4-8-18)27(36)32-19-12-14-22(30)25(15-19)35(38)39/h2-16,26H,1H3,(H,32,36). The fraction of sp³-hybridized carbons (Fsp3) is 0.0690. The molecule has 5 aromatic rings. The number of thioether (sulfide) groups is 1. The molecule has 0 aliphatic carbocycles. The Kier molecular flexibility index (Phi) is 7.88. The van der Waals surface area contributed by atoms with Gasteiger partial charge in [-0.15, -0.1) is 0 Å². The van der Waals surface area contributed by atoms with Crippen molar-refractivity contribution in [2.75, 3.05) is 5.32 Å². The maximum Gasteiger partial charge on any atom is 0.289 e. The largest absolute Gasteiger partial charge is 0.325 e. The maximum atomic E-state index is 13.7. The van der Waals surface area contributed by atoms with E-state index in [4.69, 9.17) is 28.2 Å². The number of fused-ring (bicyclic) bond motifs is 1. The van der Waals surface area contributed by atoms with E-state index >= 15 is 0 Å². The molecule has 0 radical (unpaired) electrons. The van der Waals surface area contributed by atoms with Crippen LogP contribution in [0, 0.1) is 17.0 Å². The van der Waals surface area contributed by atoms with Gasteiger partial charge in [0.2, 0.25) is 5.91 Å². The SMILES string of the molecule is Cc1ccc(-n2c(SC(C(=O)Nc3ccc(Cl)c([N+](=O)[O-])c3)c3ccccc3)nc3ccccc3c2=O)cc1Cl. The van der Waals surface area contributed by atoms with Gasteiger partial charge in [-0.05, 0) is 54.4 Å². The quantitative estimate of drug-likeness (QED) is 0.0916. The van der Waals surface area contributed by atoms with Crippen molar-refractivity contribution >= 4 is 63.1 Å². The van der Waals surface area contributed by atoms with Crippen molar-refractivity contribution in [1.29, 1.82) is 0 Å². The number of amides is 1. The van der Waals surface area contributed by atoms with E-state index in [0.717, 1.165) is 17.3 Å². The van der Waals surface area contributed by atoms with Crippen molar-refractivity contribution < 1.29 is 9.72 Å². The third-order valence-corrected chi connectivity index (χ3v) is 8.07. The second kappa shape index (κ2) is 11.5. The molecular weight excluding hydrogens is 571 g/mol. The summed E-state index contributed by atoms with van der Waals surface area (Å²) in [6.45, 7) is 1.86. The molecule has 1 heterocycles. The van der Waals surface area contributed by atoms with E-state index < -0.39 is 16.1 Å². The topological polar surface area (TPSA) is 107 Å². The van der Waals surface area contributed by atoms with Crippen molar-refractivity contribution in [2.24, 2.45) is 0 Å². The Balaban J connectivity index is 1.63. The van der Waals surface area contributed by atoms with Crippen molar-refractivity contribution in [3.05, 3.63) is 133 Å². The van der Waals surface area contributed by atoms with E-state index in [-0.39, 0.29) is 27.1 Å². The number of hydrogen-bond donors (Lipinski definition) is 1. The third-order valence-electron chi connectivity index (χ3n) is 6.13. The molecule has 11 heteroatoms. The summed E-state index contributed by atoms with van der Waals surface area (Å²) >= 11 is 13.4. The lowest BCUT2D eigenvalue weighted by Crippen LogP contribution is -2.24. The van der Waals surface area contributed by atoms with Gasteiger partial charge >= 0.3 is 0 Å². The van der Waals surface area contributed by atoms with Crippen molar-refractivity contribution in [3.63, 3.8) is 0 Å². The van der Waals surface area contributed by atoms with Gasteiger partial charge in [0.25, 0.3) is 11.2 Å². The lowest BCUT2D eigenvalue weighted by Gasteiger charge is -2.20. The lowest BCUT2D eigenvalue weighted by atomic mass is 10.1. The predicted octanol–water partition coefficient (Wildman–Crippen LogP) is 7.38. The first kappa shape index (κ1) is 27.4. The number of hydrogen-bond acceptors (Lipinski definition) is 6. The normalized spacial score (nSPS) is 11.8. The van der Waals surface area contributed by atoms with E-state index in [0.29, 0.717) is 27.2 Å². The van der Waals surface area contributed by atoms with Crippen LogP contribution in [0.1, 0.15) is 16.4 Å². The minimum Gasteiger partial charge on any atom is -0.325 e. The van der Waals surface area contributed by atoms with Crippen LogP contribution in [0.5, 0.6) is 0 Å². The number of rotatable bonds is 7. The Morgan fingerprint density at radius 2 is 1.70 bits per heavy atom. The van der Waals surface area contributed by atoms with Crippen LogP contribution in [0.4, 0.5) is 11.4 Å². The highest BCUT2D eigenvalue weighted by molar-refractivity contribution is 8.00. The number of aryl methyl sites for hydroxylation is 1. The molecule has 4 aromatic carbocycles. The first-order valence-electron chi connectivity index (χ1n) is 12.0. The lowest BCUT2D eigenvalue weighted by molar-refractivity contribution is -0.384. The smallest absolute Gasteiger partial charge is 0.289 e. The summed E-state index contributed by atoms with van der Waals surface area (Å²) in [5.41, 5.74) is 2.03. The number of nitro benzene ring substituents is 1. The molecule has 1 unspecified atom stereocenters. The first-order chi connectivity index (χ1) is 19.2. The summed E-state index contributed by atoms with van der Waals surface area (Å²) < 4.78 is 1.44. The van der Waals surface area contributed by atoms with Crippen LogP contribution in [0.2, 0.25) is 10.0 Å². The number of nitrogens with one attached hydrogen (secondary N) is 1. The number of benzene rings is 4. The molecule has 40 heavy (non-hydrogen) atoms. The highest BCUT2D eigenvalue weighted by Crippen LogP contribution is 2.37. The maximum absolute atomic E-state index is 13.7. The average Bonchev–Trinajstić information content (AvgIpc) is 2.95. The zero-order chi connectivity index (χ0) is 28.4. The van der Waals surface area contributed by atoms with E-state index in [9.17, 15) is 19.7 Å². The Hall–Kier alpha value is -4.18. The van der Waals surface area contributed by atoms with Crippen LogP contribution in [-0.4, -0.2) is 20.4 Å². The number of carbonyl (C=O) groups is 1. The van der Waals surface area contributed by atoms with Crippen molar-refractivity contribution in [1.82, 2.24) is 9.55 Å². The third kappa shape index (κ3) is 5.58. The van der Waals surface area contributed by atoms with Crippen LogP contribution in [0.15, 0.2) is 101 Å². The Bertz CT molecular complexity index is 1830. The number of carbonyl (C=O) groups excluding carboxylic acids is 1. The van der Waals surface area contributed by atoms with E-state index in [1.54, 1.807) is 60.7 Å². The van der Waals surface area contributed by atoms with Crippen LogP contribution in [0.25, 0.3) is 16.6 Å². The molecule has 1 atom stereocenters. The van der Waals surface area contributed by atoms with Crippen LogP contribution in [0.3, 0.4) is 0 Å². The highest BCUT2D eigenvalue weighted by atomic mass is 35.5. The molecule has 5 rings (SSSR count). The molecule has 0 aliphatic rings. The Morgan fingerprint density at radius 3 is 2.42 bits per heavy atom. The molecule has 0 saturated heterocycles. The molecule has 1 aromatic heterocycles. The fourth-order valence-electron chi connectivity index (χ4n) is 4.08. The summed E-state index contributed by atoms with van der Waals surface area (Å²) in [6, 6.07) is 25.3. The summed E-state index contributed by atoms with van der Waals surface area (Å²) in [5.74, 6) is -0.469. The van der Waals surface area contributed by atoms with E-state index in [1.807, 2.05) is 19.1 Å². The fourth-order valence-corrected chi connectivity index (χ4v) is 5.56. The molecular formula is C29H20Cl2N4O4S. The van der Waals surface area contributed by atoms with Gasteiger partial charge in [-0.1, -0.05) is 83.5 Å². The monoisotopic (exact) mass is 590 g/mol. The minimum absolute atomic E-state index is 0.0434. The number of para-hydroxylation sites is 1. The second-order valence-electron chi connectivity index (χ2n) is 8.81. The Labute approximate surface area is 242 Å². The van der Waals surface area contributed by atoms with Gasteiger partial charge in [-0.2, -0.15) is 0 Å². The van der Waals surface area contributed by atoms with E-state index in [1.165, 1.54) is 22.8 Å².